The summed E-state index contributed by atoms with van der Waals surface area (Å²) in [5, 5.41) is 11.7. The molecule has 222 valence electrons. The van der Waals surface area contributed by atoms with Gasteiger partial charge in [-0.25, -0.2) is 19.6 Å². The molecular formula is C32H37N9O2. The summed E-state index contributed by atoms with van der Waals surface area (Å²) in [4.78, 5) is 40.6. The largest absolute Gasteiger partial charge is 0.383 e. The van der Waals surface area contributed by atoms with E-state index in [0.29, 0.717) is 40.0 Å². The Kier molecular flexibility index (Phi) is 8.15. The number of carbonyl (C=O) groups excluding carboxylic acids is 2. The first kappa shape index (κ1) is 28.5. The van der Waals surface area contributed by atoms with E-state index >= 15 is 0 Å². The fraction of sp³-hybridized carbons (Fsp3) is 0.375. The van der Waals surface area contributed by atoms with Crippen molar-refractivity contribution in [2.24, 2.45) is 0 Å². The van der Waals surface area contributed by atoms with Crippen LogP contribution < -0.4 is 16.4 Å². The van der Waals surface area contributed by atoms with E-state index < -0.39 is 0 Å². The summed E-state index contributed by atoms with van der Waals surface area (Å²) in [5.74, 6) is 0.588. The van der Waals surface area contributed by atoms with Crippen LogP contribution >= 0.6 is 0 Å². The first-order valence-electron chi connectivity index (χ1n) is 14.9. The Morgan fingerprint density at radius 2 is 1.81 bits per heavy atom. The second kappa shape index (κ2) is 12.3. The average molecular weight is 580 g/mol. The van der Waals surface area contributed by atoms with Crippen molar-refractivity contribution in [1.82, 2.24) is 34.9 Å². The van der Waals surface area contributed by atoms with E-state index in [9.17, 15) is 9.59 Å². The number of anilines is 2. The van der Waals surface area contributed by atoms with Crippen LogP contribution in [0.2, 0.25) is 0 Å². The molecule has 43 heavy (non-hydrogen) atoms. The monoisotopic (exact) mass is 579 g/mol. The zero-order valence-electron chi connectivity index (χ0n) is 24.5. The number of fused-ring (bicyclic) bond motifs is 1. The van der Waals surface area contributed by atoms with Gasteiger partial charge < -0.3 is 16.4 Å². The number of aryl methyl sites for hydroxylation is 1. The average Bonchev–Trinajstić information content (AvgIpc) is 3.78. The van der Waals surface area contributed by atoms with Gasteiger partial charge in [0.1, 0.15) is 23.7 Å². The predicted octanol–water partition coefficient (Wildman–Crippen LogP) is 4.28. The second-order valence-electron chi connectivity index (χ2n) is 11.6. The third-order valence-electron chi connectivity index (χ3n) is 8.32. The van der Waals surface area contributed by atoms with E-state index in [2.05, 4.69) is 37.5 Å². The Labute approximate surface area is 250 Å². The van der Waals surface area contributed by atoms with Crippen molar-refractivity contribution in [1.29, 1.82) is 0 Å². The number of amides is 2. The number of nitrogens with two attached hydrogens (primary N) is 1. The maximum Gasteiger partial charge on any atom is 0.256 e. The van der Waals surface area contributed by atoms with Crippen LogP contribution in [0.4, 0.5) is 11.6 Å². The fourth-order valence-corrected chi connectivity index (χ4v) is 5.73. The lowest BCUT2D eigenvalue weighted by Gasteiger charge is -2.29. The van der Waals surface area contributed by atoms with Gasteiger partial charge in [-0.3, -0.25) is 14.5 Å². The lowest BCUT2D eigenvalue weighted by atomic mass is 9.91. The molecule has 2 fully saturated rings. The number of nitrogens with zero attached hydrogens (tertiary/aromatic N) is 6. The number of rotatable bonds is 9. The van der Waals surface area contributed by atoms with Crippen molar-refractivity contribution in [3.8, 4) is 11.3 Å². The maximum absolute atomic E-state index is 12.8. The van der Waals surface area contributed by atoms with Crippen LogP contribution in [0.1, 0.15) is 60.5 Å². The van der Waals surface area contributed by atoms with Crippen molar-refractivity contribution < 1.29 is 9.59 Å². The second-order valence-corrected chi connectivity index (χ2v) is 11.6. The Balaban J connectivity index is 1.13. The molecule has 3 aromatic heterocycles. The highest BCUT2D eigenvalue weighted by molar-refractivity contribution is 6.04. The van der Waals surface area contributed by atoms with Crippen LogP contribution in [0.3, 0.4) is 0 Å². The van der Waals surface area contributed by atoms with Crippen LogP contribution in [0, 0.1) is 6.92 Å². The van der Waals surface area contributed by atoms with E-state index in [0.717, 1.165) is 43.4 Å². The highest BCUT2D eigenvalue weighted by atomic mass is 16.2. The highest BCUT2D eigenvalue weighted by Gasteiger charge is 2.28. The molecule has 3 heterocycles. The highest BCUT2D eigenvalue weighted by Crippen LogP contribution is 2.36. The van der Waals surface area contributed by atoms with Gasteiger partial charge in [-0.1, -0.05) is 18.2 Å². The van der Waals surface area contributed by atoms with E-state index in [-0.39, 0.29) is 23.9 Å². The summed E-state index contributed by atoms with van der Waals surface area (Å²) >= 11 is 0. The molecule has 11 heteroatoms. The van der Waals surface area contributed by atoms with Gasteiger partial charge in [0.2, 0.25) is 5.91 Å². The lowest BCUT2D eigenvalue weighted by Crippen LogP contribution is -2.37. The molecule has 2 saturated carbocycles. The molecule has 2 amide bonds. The summed E-state index contributed by atoms with van der Waals surface area (Å²) in [6, 6.07) is 11.9. The molecule has 1 aromatic carbocycles. The number of likely N-dealkylation sites (N-methyl/N-ethyl adjacent to an activating group) is 1. The minimum atomic E-state index is -0.243. The van der Waals surface area contributed by atoms with Crippen LogP contribution in [0.15, 0.2) is 61.1 Å². The van der Waals surface area contributed by atoms with Gasteiger partial charge in [0.15, 0.2) is 5.65 Å². The summed E-state index contributed by atoms with van der Waals surface area (Å²) in [6.45, 7) is 2.74. The number of hydrogen-bond donors (Lipinski definition) is 3. The van der Waals surface area contributed by atoms with Crippen LogP contribution in [0.25, 0.3) is 22.3 Å². The quantitative estimate of drug-likeness (QED) is 0.249. The molecule has 2 aliphatic carbocycles. The molecule has 0 radical (unpaired) electrons. The molecule has 0 bridgehead atoms. The van der Waals surface area contributed by atoms with Crippen LogP contribution in [-0.2, 0) is 4.79 Å². The summed E-state index contributed by atoms with van der Waals surface area (Å²) in [5.41, 5.74) is 10.0. The fourth-order valence-electron chi connectivity index (χ4n) is 5.73. The predicted molar refractivity (Wildman–Crippen MR) is 166 cm³/mol. The molecule has 0 unspecified atom stereocenters. The topological polar surface area (TPSA) is 144 Å². The van der Waals surface area contributed by atoms with E-state index in [4.69, 9.17) is 10.8 Å². The Morgan fingerprint density at radius 1 is 1.05 bits per heavy atom. The number of carbonyl (C=O) groups is 2. The minimum Gasteiger partial charge on any atom is -0.383 e. The summed E-state index contributed by atoms with van der Waals surface area (Å²) < 4.78 is 1.96. The molecule has 4 aromatic rings. The molecule has 11 nitrogen and oxygen atoms in total. The molecule has 2 aliphatic rings. The van der Waals surface area contributed by atoms with E-state index in [1.807, 2.05) is 41.9 Å². The molecular weight excluding hydrogens is 542 g/mol. The van der Waals surface area contributed by atoms with Crippen molar-refractivity contribution >= 4 is 34.5 Å². The van der Waals surface area contributed by atoms with Gasteiger partial charge in [0.25, 0.3) is 5.91 Å². The smallest absolute Gasteiger partial charge is 0.256 e. The molecule has 0 spiro atoms. The normalized spacial score (nSPS) is 18.8. The summed E-state index contributed by atoms with van der Waals surface area (Å²) in [6.07, 6.45) is 12.6. The minimum absolute atomic E-state index is 0.0349. The molecule has 6 rings (SSSR count). The van der Waals surface area contributed by atoms with Gasteiger partial charge >= 0.3 is 0 Å². The third-order valence-corrected chi connectivity index (χ3v) is 8.32. The van der Waals surface area contributed by atoms with Crippen molar-refractivity contribution in [3.05, 3.63) is 72.2 Å². The number of nitrogens with one attached hydrogen (secondary N) is 2. The Morgan fingerprint density at radius 3 is 2.53 bits per heavy atom. The van der Waals surface area contributed by atoms with Gasteiger partial charge in [-0.05, 0) is 82.3 Å². The Hall–Kier alpha value is -4.64. The van der Waals surface area contributed by atoms with Gasteiger partial charge in [0.05, 0.1) is 11.4 Å². The van der Waals surface area contributed by atoms with Crippen LogP contribution in [0.5, 0.6) is 0 Å². The molecule has 0 saturated heterocycles. The molecule has 0 atom stereocenters. The van der Waals surface area contributed by atoms with Crippen LogP contribution in [-0.4, -0.2) is 67.1 Å². The van der Waals surface area contributed by atoms with Gasteiger partial charge in [0, 0.05) is 42.0 Å². The maximum atomic E-state index is 12.8. The number of benzene rings is 1. The SMILES string of the molecule is Cc1ccnc(NC(=O)c2ccc(-c3nn([C@H]4CC[C@H](NC(=O)/C=C/CN(C)C5CC5)CC4)c4ncnc(N)c34)cc2)c1. The van der Waals surface area contributed by atoms with E-state index in [1.54, 1.807) is 24.4 Å². The summed E-state index contributed by atoms with van der Waals surface area (Å²) in [7, 11) is 2.10. The van der Waals surface area contributed by atoms with Crippen molar-refractivity contribution in [2.75, 3.05) is 24.6 Å². The van der Waals surface area contributed by atoms with Gasteiger partial charge in [-0.2, -0.15) is 5.10 Å². The van der Waals surface area contributed by atoms with Crippen molar-refractivity contribution in [3.63, 3.8) is 0 Å². The Bertz CT molecular complexity index is 1650. The van der Waals surface area contributed by atoms with Crippen molar-refractivity contribution in [2.45, 2.75) is 63.6 Å². The number of aromatic nitrogens is 5. The number of pyridine rings is 1. The lowest BCUT2D eigenvalue weighted by molar-refractivity contribution is -0.117. The molecule has 4 N–H and O–H groups in total. The van der Waals surface area contributed by atoms with Gasteiger partial charge in [-0.15, -0.1) is 0 Å². The first-order valence-corrected chi connectivity index (χ1v) is 14.9. The number of nitrogen functional groups attached to an aromatic ring is 1. The third kappa shape index (κ3) is 6.56. The first-order chi connectivity index (χ1) is 20.9. The zero-order chi connectivity index (χ0) is 29.9. The zero-order valence-corrected chi connectivity index (χ0v) is 24.5. The standard InChI is InChI=1S/C32H37N9O2/c1-20-15-16-34-26(18-20)38-32(43)22-7-5-21(6-8-22)29-28-30(33)35-19-36-31(28)41(39-29)25-11-9-23(10-12-25)37-27(42)4-3-17-40(2)24-13-14-24/h3-8,15-16,18-19,23-25H,9-14,17H2,1-2H3,(H,37,42)(H2,33,35,36)(H,34,38,43)/b4-3+/t23-,25-. The van der Waals surface area contributed by atoms with E-state index in [1.165, 1.54) is 19.2 Å². The molecule has 0 aliphatic heterocycles. The number of hydrogen-bond acceptors (Lipinski definition) is 8.